The lowest BCUT2D eigenvalue weighted by molar-refractivity contribution is -0.160. The van der Waals surface area contributed by atoms with Gasteiger partial charge in [-0.25, -0.2) is 19.2 Å². The first kappa shape index (κ1) is 65.2. The van der Waals surface area contributed by atoms with Crippen LogP contribution < -0.4 is 9.47 Å². The van der Waals surface area contributed by atoms with E-state index in [1.54, 1.807) is 0 Å². The third-order valence-electron chi connectivity index (χ3n) is 15.3. The minimum Gasteiger partial charge on any atom is -0.463 e. The molecule has 0 N–H and O–H groups in total. The Balaban J connectivity index is 0.955. The van der Waals surface area contributed by atoms with E-state index in [1.165, 1.54) is 12.1 Å². The van der Waals surface area contributed by atoms with Gasteiger partial charge in [-0.1, -0.05) is 56.1 Å². The molecule has 82 heavy (non-hydrogen) atoms. The average molecular weight is 1180 g/mol. The van der Waals surface area contributed by atoms with Gasteiger partial charge < -0.3 is 47.4 Å². The molecule has 4 saturated carbocycles. The smallest absolute Gasteiger partial charge is 0.350 e. The summed E-state index contributed by atoms with van der Waals surface area (Å²) >= 11 is 1.99. The van der Waals surface area contributed by atoms with E-state index in [0.29, 0.717) is 113 Å². The lowest BCUT2D eigenvalue weighted by Crippen LogP contribution is -2.33. The van der Waals surface area contributed by atoms with E-state index in [-0.39, 0.29) is 82.7 Å². The number of thioether (sulfide) groups is 2. The predicted octanol–water partition coefficient (Wildman–Crippen LogP) is 10.6. The fraction of sp³-hybridized carbons (Fsp3) is 0.623. The van der Waals surface area contributed by atoms with E-state index in [9.17, 15) is 43.6 Å². The first-order valence-corrected chi connectivity index (χ1v) is 30.7. The van der Waals surface area contributed by atoms with Crippen molar-refractivity contribution in [2.75, 3.05) is 39.6 Å². The van der Waals surface area contributed by atoms with Gasteiger partial charge in [-0.2, -0.15) is 5.26 Å². The minimum atomic E-state index is -0.974. The van der Waals surface area contributed by atoms with E-state index in [2.05, 4.69) is 19.7 Å². The Morgan fingerprint density at radius 2 is 0.768 bits per heavy atom. The van der Waals surface area contributed by atoms with Crippen molar-refractivity contribution >= 4 is 71.3 Å². The van der Waals surface area contributed by atoms with Gasteiger partial charge in [0.05, 0.1) is 63.1 Å². The molecule has 1 heterocycles. The molecular weight excluding hydrogens is 1100 g/mol. The third-order valence-corrected chi connectivity index (χ3v) is 17.9. The van der Waals surface area contributed by atoms with Crippen LogP contribution in [0.5, 0.6) is 11.5 Å². The number of carbonyl (C=O) groups excluding carboxylic acids is 8. The predicted molar refractivity (Wildman–Crippen MR) is 301 cm³/mol. The molecule has 0 atom stereocenters. The molecule has 0 amide bonds. The van der Waals surface area contributed by atoms with Crippen LogP contribution >= 0.6 is 23.5 Å². The van der Waals surface area contributed by atoms with Gasteiger partial charge in [0, 0.05) is 31.4 Å². The summed E-state index contributed by atoms with van der Waals surface area (Å²) < 4.78 is 56.5. The Kier molecular flexibility index (Phi) is 28.0. The molecule has 0 saturated heterocycles. The van der Waals surface area contributed by atoms with Gasteiger partial charge in [-0.05, 0) is 153 Å². The van der Waals surface area contributed by atoms with Gasteiger partial charge in [0.1, 0.15) is 43.0 Å². The van der Waals surface area contributed by atoms with Crippen LogP contribution in [0.4, 0.5) is 0 Å². The molecule has 0 unspecified atom stereocenters. The number of carbonyl (C=O) groups is 8. The fourth-order valence-corrected chi connectivity index (χ4v) is 13.1. The van der Waals surface area contributed by atoms with Crippen molar-refractivity contribution in [2.24, 2.45) is 23.7 Å². The summed E-state index contributed by atoms with van der Waals surface area (Å²) in [6.07, 6.45) is 19.5. The average Bonchev–Trinajstić information content (AvgIpc) is 4.05. The standard InChI is InChI=1S/C61H79NO18S2/c1-4-51(63)73-35-13-9-7-11-33-71-44-23-15-40(16-24-44)56(66)77-46-27-19-42(20-28-46)58(68)79-49-31-32-50(55-54(49)81-61(82-55)48(39-62)60(70)76-38-37-75-53(65)6-3)80-59(69)43-21-29-47(30-22-43)78-57(67)41-17-25-45(26-18-41)72-34-12-8-10-14-36-74-52(64)5-2/h4-6,31-32,40-47H,1-3,7-30,33-38H2. The second-order valence-electron chi connectivity index (χ2n) is 21.1. The van der Waals surface area contributed by atoms with Crippen molar-refractivity contribution in [3.63, 3.8) is 0 Å². The molecule has 4 fully saturated rings. The highest BCUT2D eigenvalue weighted by atomic mass is 32.2. The molecule has 1 aromatic carbocycles. The van der Waals surface area contributed by atoms with Crippen LogP contribution in [-0.4, -0.2) is 112 Å². The summed E-state index contributed by atoms with van der Waals surface area (Å²) in [5, 5.41) is 10.2. The minimum absolute atomic E-state index is 0.104. The highest BCUT2D eigenvalue weighted by molar-refractivity contribution is 8.24. The topological polar surface area (TPSA) is 253 Å². The number of hydrogen-bond acceptors (Lipinski definition) is 21. The van der Waals surface area contributed by atoms with E-state index in [4.69, 9.17) is 47.4 Å². The molecule has 0 spiro atoms. The quantitative estimate of drug-likeness (QED) is 0.0167. The van der Waals surface area contributed by atoms with Crippen molar-refractivity contribution in [3.05, 3.63) is 59.9 Å². The Labute approximate surface area is 489 Å². The Hall–Kier alpha value is -5.95. The van der Waals surface area contributed by atoms with Crippen molar-refractivity contribution in [1.29, 1.82) is 5.26 Å². The highest BCUT2D eigenvalue weighted by Crippen LogP contribution is 2.59. The van der Waals surface area contributed by atoms with Crippen LogP contribution in [0.3, 0.4) is 0 Å². The van der Waals surface area contributed by atoms with Gasteiger partial charge in [0.15, 0.2) is 5.57 Å². The van der Waals surface area contributed by atoms with Gasteiger partial charge in [0.25, 0.3) is 0 Å². The summed E-state index contributed by atoms with van der Waals surface area (Å²) in [5.74, 6) is -5.05. The lowest BCUT2D eigenvalue weighted by Gasteiger charge is -2.31. The summed E-state index contributed by atoms with van der Waals surface area (Å²) in [6.45, 7) is 11.6. The second-order valence-corrected chi connectivity index (χ2v) is 23.4. The summed E-state index contributed by atoms with van der Waals surface area (Å²) in [7, 11) is 0. The van der Waals surface area contributed by atoms with Gasteiger partial charge in [0.2, 0.25) is 0 Å². The van der Waals surface area contributed by atoms with Crippen molar-refractivity contribution in [1.82, 2.24) is 0 Å². The van der Waals surface area contributed by atoms with Crippen molar-refractivity contribution in [3.8, 4) is 17.6 Å². The molecule has 19 nitrogen and oxygen atoms in total. The maximum Gasteiger partial charge on any atom is 0.350 e. The molecule has 1 aromatic rings. The maximum absolute atomic E-state index is 13.8. The Bertz CT molecular complexity index is 2320. The van der Waals surface area contributed by atoms with Gasteiger partial charge in [-0.15, -0.1) is 0 Å². The van der Waals surface area contributed by atoms with Crippen LogP contribution in [0.2, 0.25) is 0 Å². The van der Waals surface area contributed by atoms with Crippen LogP contribution in [-0.2, 0) is 76.3 Å². The molecule has 6 rings (SSSR count). The van der Waals surface area contributed by atoms with E-state index >= 15 is 0 Å². The molecule has 0 bridgehead atoms. The van der Waals surface area contributed by atoms with Crippen LogP contribution in [0, 0.1) is 35.0 Å². The van der Waals surface area contributed by atoms with Gasteiger partial charge in [-0.3, -0.25) is 19.2 Å². The third kappa shape index (κ3) is 21.3. The number of esters is 8. The lowest BCUT2D eigenvalue weighted by atomic mass is 9.86. The number of fused-ring (bicyclic) bond motifs is 1. The van der Waals surface area contributed by atoms with Crippen LogP contribution in [0.15, 0.2) is 69.7 Å². The molecule has 5 aliphatic rings. The normalized spacial score (nSPS) is 23.0. The largest absolute Gasteiger partial charge is 0.463 e. The number of hydrogen-bond donors (Lipinski definition) is 0. The number of ether oxygens (including phenoxy) is 10. The van der Waals surface area contributed by atoms with E-state index < -0.39 is 47.7 Å². The Morgan fingerprint density at radius 3 is 1.13 bits per heavy atom. The molecule has 21 heteroatoms. The summed E-state index contributed by atoms with van der Waals surface area (Å²) in [6, 6.07) is 4.93. The Morgan fingerprint density at radius 1 is 0.439 bits per heavy atom. The van der Waals surface area contributed by atoms with E-state index in [0.717, 1.165) is 119 Å². The highest BCUT2D eigenvalue weighted by Gasteiger charge is 2.38. The molecule has 4 aliphatic carbocycles. The molecule has 448 valence electrons. The summed E-state index contributed by atoms with van der Waals surface area (Å²) in [4.78, 5) is 102. The molecule has 0 aromatic heterocycles. The second kappa shape index (κ2) is 35.2. The van der Waals surface area contributed by atoms with Crippen molar-refractivity contribution in [2.45, 2.75) is 188 Å². The summed E-state index contributed by atoms with van der Waals surface area (Å²) in [5.41, 5.74) is -0.352. The van der Waals surface area contributed by atoms with Gasteiger partial charge >= 0.3 is 47.8 Å². The SMILES string of the molecule is C=CC(=O)OCCCCCCOC1CCC(C(=O)OC2CCC(C(=O)Oc3ccc(OC(=O)C4CCC(OC(=O)C5CCC(OCCCCCCOC(=O)C=C)CC5)CC4)c4c3SC(=C(C#N)C(=O)OCCOC(=O)C=C)S4)CC2)CC1. The number of rotatable bonds is 31. The zero-order valence-corrected chi connectivity index (χ0v) is 48.6. The maximum atomic E-state index is 13.8. The van der Waals surface area contributed by atoms with Crippen LogP contribution in [0.1, 0.15) is 154 Å². The van der Waals surface area contributed by atoms with Crippen molar-refractivity contribution < 1.29 is 85.7 Å². The number of unbranched alkanes of at least 4 members (excludes halogenated alkanes) is 6. The molecule has 1 aliphatic heterocycles. The van der Waals surface area contributed by atoms with Crippen LogP contribution in [0.25, 0.3) is 0 Å². The monoisotopic (exact) mass is 1180 g/mol. The number of nitriles is 1. The fourth-order valence-electron chi connectivity index (χ4n) is 10.5. The first-order valence-electron chi connectivity index (χ1n) is 29.1. The zero-order chi connectivity index (χ0) is 58.6. The first-order chi connectivity index (χ1) is 39.8. The van der Waals surface area contributed by atoms with E-state index in [1.807, 2.05) is 6.07 Å². The number of benzene rings is 1. The molecule has 0 radical (unpaired) electrons. The zero-order valence-electron chi connectivity index (χ0n) is 47.0. The molecular formula is C61H79NO18S2. The number of nitrogens with zero attached hydrogens (tertiary/aromatic N) is 1.